The molecule has 29 heavy (non-hydrogen) atoms. The van der Waals surface area contributed by atoms with Gasteiger partial charge in [0.25, 0.3) is 5.91 Å². The van der Waals surface area contributed by atoms with Gasteiger partial charge in [-0.1, -0.05) is 36.4 Å². The highest BCUT2D eigenvalue weighted by Gasteiger charge is 2.20. The van der Waals surface area contributed by atoms with Crippen LogP contribution in [0.25, 0.3) is 5.82 Å². The van der Waals surface area contributed by atoms with Gasteiger partial charge in [0.15, 0.2) is 0 Å². The highest BCUT2D eigenvalue weighted by Crippen LogP contribution is 2.16. The van der Waals surface area contributed by atoms with Gasteiger partial charge in [-0.15, -0.1) is 10.2 Å². The standard InChI is InChI=1S/C22H26N6O/c29-22(20-9-4-10-21(26-20)28-16-24-25-17-28)23-14-19-8-5-12-27(15-19)13-11-18-6-2-1-3-7-18/h1-4,6-7,9-10,16-17,19H,5,8,11-15H2,(H,23,29). The molecule has 1 aromatic carbocycles. The van der Waals surface area contributed by atoms with Gasteiger partial charge >= 0.3 is 0 Å². The zero-order chi connectivity index (χ0) is 19.9. The van der Waals surface area contributed by atoms with Gasteiger partial charge in [-0.2, -0.15) is 0 Å². The van der Waals surface area contributed by atoms with Crippen LogP contribution in [0.2, 0.25) is 0 Å². The third-order valence-electron chi connectivity index (χ3n) is 5.36. The fraction of sp³-hybridized carbons (Fsp3) is 0.364. The Morgan fingerprint density at radius 3 is 2.72 bits per heavy atom. The lowest BCUT2D eigenvalue weighted by Crippen LogP contribution is -2.41. The first-order valence-corrected chi connectivity index (χ1v) is 10.1. The van der Waals surface area contributed by atoms with E-state index in [4.69, 9.17) is 0 Å². The van der Waals surface area contributed by atoms with E-state index in [2.05, 4.69) is 55.7 Å². The van der Waals surface area contributed by atoms with Crippen molar-refractivity contribution < 1.29 is 4.79 Å². The van der Waals surface area contributed by atoms with Crippen molar-refractivity contribution >= 4 is 5.91 Å². The number of aromatic nitrogens is 4. The monoisotopic (exact) mass is 390 g/mol. The molecule has 7 heteroatoms. The molecule has 1 atom stereocenters. The number of likely N-dealkylation sites (tertiary alicyclic amines) is 1. The summed E-state index contributed by atoms with van der Waals surface area (Å²) in [6.07, 6.45) is 6.53. The van der Waals surface area contributed by atoms with Crippen molar-refractivity contribution in [1.29, 1.82) is 0 Å². The zero-order valence-electron chi connectivity index (χ0n) is 16.4. The number of carbonyl (C=O) groups is 1. The van der Waals surface area contributed by atoms with Gasteiger partial charge in [0.2, 0.25) is 0 Å². The van der Waals surface area contributed by atoms with E-state index >= 15 is 0 Å². The van der Waals surface area contributed by atoms with Crippen LogP contribution in [-0.4, -0.2) is 56.7 Å². The van der Waals surface area contributed by atoms with Gasteiger partial charge in [0.1, 0.15) is 24.2 Å². The topological polar surface area (TPSA) is 75.9 Å². The average Bonchev–Trinajstić information content (AvgIpc) is 3.32. The molecule has 1 saturated heterocycles. The summed E-state index contributed by atoms with van der Waals surface area (Å²) in [5.74, 6) is 0.971. The van der Waals surface area contributed by atoms with Crippen molar-refractivity contribution in [2.75, 3.05) is 26.2 Å². The fourth-order valence-corrected chi connectivity index (χ4v) is 3.79. The minimum atomic E-state index is -0.138. The van der Waals surface area contributed by atoms with Crippen molar-refractivity contribution in [2.45, 2.75) is 19.3 Å². The Balaban J connectivity index is 1.27. The summed E-state index contributed by atoms with van der Waals surface area (Å²) in [5, 5.41) is 10.6. The number of amides is 1. The Bertz CT molecular complexity index is 912. The lowest BCUT2D eigenvalue weighted by molar-refractivity contribution is 0.0927. The molecule has 2 aromatic heterocycles. The maximum Gasteiger partial charge on any atom is 0.269 e. The highest BCUT2D eigenvalue weighted by molar-refractivity contribution is 5.92. The average molecular weight is 390 g/mol. The minimum Gasteiger partial charge on any atom is -0.350 e. The van der Waals surface area contributed by atoms with Crippen molar-refractivity contribution in [3.8, 4) is 5.82 Å². The molecule has 0 bridgehead atoms. The number of hydrogen-bond donors (Lipinski definition) is 1. The first-order valence-electron chi connectivity index (χ1n) is 10.1. The van der Waals surface area contributed by atoms with Gasteiger partial charge in [0.05, 0.1) is 0 Å². The quantitative estimate of drug-likeness (QED) is 0.670. The molecule has 3 heterocycles. The van der Waals surface area contributed by atoms with Gasteiger partial charge in [0, 0.05) is 19.6 Å². The number of rotatable bonds is 7. The maximum atomic E-state index is 12.6. The summed E-state index contributed by atoms with van der Waals surface area (Å²) in [5.41, 5.74) is 1.79. The molecule has 0 aliphatic carbocycles. The number of carbonyl (C=O) groups excluding carboxylic acids is 1. The smallest absolute Gasteiger partial charge is 0.269 e. The second-order valence-corrected chi connectivity index (χ2v) is 7.50. The second-order valence-electron chi connectivity index (χ2n) is 7.50. The lowest BCUT2D eigenvalue weighted by atomic mass is 9.97. The molecule has 1 unspecified atom stereocenters. The summed E-state index contributed by atoms with van der Waals surface area (Å²) in [7, 11) is 0. The Kier molecular flexibility index (Phi) is 6.26. The molecule has 0 saturated carbocycles. The van der Waals surface area contributed by atoms with Crippen molar-refractivity contribution in [1.82, 2.24) is 30.0 Å². The molecule has 4 rings (SSSR count). The fourth-order valence-electron chi connectivity index (χ4n) is 3.79. The van der Waals surface area contributed by atoms with E-state index in [0.717, 1.165) is 32.5 Å². The molecule has 3 aromatic rings. The number of hydrogen-bond acceptors (Lipinski definition) is 5. The number of pyridine rings is 1. The summed E-state index contributed by atoms with van der Waals surface area (Å²) in [6.45, 7) is 3.91. The Morgan fingerprint density at radius 1 is 1.07 bits per heavy atom. The molecule has 0 radical (unpaired) electrons. The first kappa shape index (κ1) is 19.3. The van der Waals surface area contributed by atoms with Crippen LogP contribution in [-0.2, 0) is 6.42 Å². The van der Waals surface area contributed by atoms with Crippen LogP contribution in [0.4, 0.5) is 0 Å². The van der Waals surface area contributed by atoms with Crippen LogP contribution in [0.3, 0.4) is 0 Å². The Hall–Kier alpha value is -3.06. The summed E-state index contributed by atoms with van der Waals surface area (Å²) in [4.78, 5) is 19.5. The van der Waals surface area contributed by atoms with E-state index in [1.807, 2.05) is 12.1 Å². The Labute approximate surface area is 170 Å². The summed E-state index contributed by atoms with van der Waals surface area (Å²) in [6, 6.07) is 16.0. The first-order chi connectivity index (χ1) is 14.3. The van der Waals surface area contributed by atoms with Crippen LogP contribution >= 0.6 is 0 Å². The highest BCUT2D eigenvalue weighted by atomic mass is 16.1. The molecule has 150 valence electrons. The molecule has 0 spiro atoms. The molecular weight excluding hydrogens is 364 g/mol. The van der Waals surface area contributed by atoms with E-state index in [1.165, 1.54) is 12.0 Å². The molecule has 1 amide bonds. The number of piperidine rings is 1. The van der Waals surface area contributed by atoms with Gasteiger partial charge in [-0.25, -0.2) is 4.98 Å². The normalized spacial score (nSPS) is 17.2. The predicted octanol–water partition coefficient (Wildman–Crippen LogP) is 2.35. The van der Waals surface area contributed by atoms with E-state index in [1.54, 1.807) is 23.3 Å². The van der Waals surface area contributed by atoms with Crippen LogP contribution < -0.4 is 5.32 Å². The lowest BCUT2D eigenvalue weighted by Gasteiger charge is -2.32. The second kappa shape index (κ2) is 9.43. The van der Waals surface area contributed by atoms with E-state index in [-0.39, 0.29) is 5.91 Å². The third kappa shape index (κ3) is 5.26. The largest absolute Gasteiger partial charge is 0.350 e. The molecule has 7 nitrogen and oxygen atoms in total. The summed E-state index contributed by atoms with van der Waals surface area (Å²) >= 11 is 0. The zero-order valence-corrected chi connectivity index (χ0v) is 16.4. The van der Waals surface area contributed by atoms with Crippen molar-refractivity contribution in [3.05, 3.63) is 72.4 Å². The van der Waals surface area contributed by atoms with Crippen molar-refractivity contribution in [2.24, 2.45) is 5.92 Å². The maximum absolute atomic E-state index is 12.6. The van der Waals surface area contributed by atoms with Gasteiger partial charge in [-0.05, 0) is 49.4 Å². The summed E-state index contributed by atoms with van der Waals surface area (Å²) < 4.78 is 1.68. The molecular formula is C22H26N6O. The number of benzene rings is 1. The number of nitrogens with one attached hydrogen (secondary N) is 1. The minimum absolute atomic E-state index is 0.138. The molecule has 1 N–H and O–H groups in total. The molecule has 1 fully saturated rings. The molecule has 1 aliphatic heterocycles. The van der Waals surface area contributed by atoms with E-state index in [0.29, 0.717) is 24.0 Å². The van der Waals surface area contributed by atoms with Crippen molar-refractivity contribution in [3.63, 3.8) is 0 Å². The van der Waals surface area contributed by atoms with Crippen LogP contribution in [0, 0.1) is 5.92 Å². The SMILES string of the molecule is O=C(NCC1CCCN(CCc2ccccc2)C1)c1cccc(-n2cnnc2)n1. The van der Waals surface area contributed by atoms with Gasteiger partial charge in [-0.3, -0.25) is 9.36 Å². The van der Waals surface area contributed by atoms with E-state index < -0.39 is 0 Å². The van der Waals surface area contributed by atoms with Crippen LogP contribution in [0.15, 0.2) is 61.2 Å². The van der Waals surface area contributed by atoms with Crippen LogP contribution in [0.1, 0.15) is 28.9 Å². The Morgan fingerprint density at radius 2 is 1.90 bits per heavy atom. The third-order valence-corrected chi connectivity index (χ3v) is 5.36. The number of nitrogens with zero attached hydrogens (tertiary/aromatic N) is 5. The van der Waals surface area contributed by atoms with E-state index in [9.17, 15) is 4.79 Å². The van der Waals surface area contributed by atoms with Gasteiger partial charge < -0.3 is 10.2 Å². The predicted molar refractivity (Wildman–Crippen MR) is 111 cm³/mol. The molecule has 1 aliphatic rings. The van der Waals surface area contributed by atoms with Crippen LogP contribution in [0.5, 0.6) is 0 Å².